The summed E-state index contributed by atoms with van der Waals surface area (Å²) in [7, 11) is 0. The zero-order chi connectivity index (χ0) is 12.7. The second-order valence-electron chi connectivity index (χ2n) is 4.28. The number of nitrogens with one attached hydrogen (secondary N) is 1. The van der Waals surface area contributed by atoms with Gasteiger partial charge < -0.3 is 11.2 Å². The molecule has 18 heavy (non-hydrogen) atoms. The predicted octanol–water partition coefficient (Wildman–Crippen LogP) is 1.96. The lowest BCUT2D eigenvalue weighted by Gasteiger charge is -2.08. The van der Waals surface area contributed by atoms with Crippen molar-refractivity contribution in [2.24, 2.45) is 5.84 Å². The fourth-order valence-corrected chi connectivity index (χ4v) is 2.10. The summed E-state index contributed by atoms with van der Waals surface area (Å²) in [5.74, 6) is 5.85. The van der Waals surface area contributed by atoms with Gasteiger partial charge in [-0.25, -0.2) is 4.98 Å². The van der Waals surface area contributed by atoms with Crippen LogP contribution in [0.5, 0.6) is 0 Å². The molecule has 3 rings (SSSR count). The molecule has 0 aliphatic heterocycles. The summed E-state index contributed by atoms with van der Waals surface area (Å²) in [6, 6.07) is 8.01. The molecule has 0 bridgehead atoms. The lowest BCUT2D eigenvalue weighted by molar-refractivity contribution is 1.30. The lowest BCUT2D eigenvalue weighted by Crippen LogP contribution is -2.07. The van der Waals surface area contributed by atoms with Gasteiger partial charge in [-0.1, -0.05) is 12.1 Å². The number of nitrogen functional groups attached to an aromatic ring is 2. The minimum Gasteiger partial charge on any atom is -0.382 e. The van der Waals surface area contributed by atoms with Crippen molar-refractivity contribution < 1.29 is 0 Å². The molecule has 0 aliphatic rings. The van der Waals surface area contributed by atoms with Gasteiger partial charge in [0, 0.05) is 10.8 Å². The number of nitrogens with two attached hydrogens (primary N) is 2. The maximum Gasteiger partial charge on any atom is 0.150 e. The molecule has 1 aromatic carbocycles. The highest BCUT2D eigenvalue weighted by Gasteiger charge is 2.08. The Balaban J connectivity index is 2.50. The number of benzene rings is 1. The topological polar surface area (TPSA) is 89.8 Å². The van der Waals surface area contributed by atoms with Crippen LogP contribution in [0.1, 0.15) is 5.56 Å². The van der Waals surface area contributed by atoms with E-state index in [1.54, 1.807) is 6.20 Å². The van der Waals surface area contributed by atoms with Crippen LogP contribution in [0.15, 0.2) is 30.5 Å². The van der Waals surface area contributed by atoms with Gasteiger partial charge in [0.25, 0.3) is 0 Å². The van der Waals surface area contributed by atoms with Crippen molar-refractivity contribution in [3.63, 3.8) is 0 Å². The molecule has 5 heteroatoms. The molecule has 3 aromatic rings. The fraction of sp³-hybridized carbons (Fsp3) is 0.0769. The van der Waals surface area contributed by atoms with Crippen LogP contribution in [-0.2, 0) is 0 Å². The highest BCUT2D eigenvalue weighted by Crippen LogP contribution is 2.28. The van der Waals surface area contributed by atoms with Crippen LogP contribution in [0.3, 0.4) is 0 Å². The minimum atomic E-state index is 0.437. The molecule has 90 valence electrons. The number of nitrogens with zero attached hydrogens (tertiary/aromatic N) is 2. The highest BCUT2D eigenvalue weighted by atomic mass is 15.2. The van der Waals surface area contributed by atoms with Gasteiger partial charge in [0.2, 0.25) is 0 Å². The fourth-order valence-electron chi connectivity index (χ4n) is 2.10. The summed E-state index contributed by atoms with van der Waals surface area (Å²) in [5.41, 5.74) is 12.0. The first kappa shape index (κ1) is 10.7. The molecule has 0 spiro atoms. The van der Waals surface area contributed by atoms with Crippen LogP contribution in [-0.4, -0.2) is 9.97 Å². The molecule has 5 N–H and O–H groups in total. The van der Waals surface area contributed by atoms with E-state index in [0.717, 1.165) is 27.5 Å². The Bertz CT molecular complexity index is 751. The monoisotopic (exact) mass is 239 g/mol. The second kappa shape index (κ2) is 3.82. The van der Waals surface area contributed by atoms with Crippen LogP contribution in [0.25, 0.3) is 21.8 Å². The number of fused-ring (bicyclic) bond motifs is 3. The van der Waals surface area contributed by atoms with E-state index in [9.17, 15) is 0 Å². The molecule has 5 nitrogen and oxygen atoms in total. The zero-order valence-corrected chi connectivity index (χ0v) is 9.94. The standard InChI is InChI=1S/C13H13N5/c1-7-2-3-9-10-5-8(18-15)6-16-12(10)13(14)17-11(9)4-7/h2-6,18H,15H2,1H3,(H2,14,17). The zero-order valence-electron chi connectivity index (χ0n) is 9.94. The van der Waals surface area contributed by atoms with Gasteiger partial charge in [-0.2, -0.15) is 0 Å². The Labute approximate surface area is 104 Å². The van der Waals surface area contributed by atoms with Crippen molar-refractivity contribution in [2.45, 2.75) is 6.92 Å². The van der Waals surface area contributed by atoms with Gasteiger partial charge in [-0.3, -0.25) is 10.8 Å². The summed E-state index contributed by atoms with van der Waals surface area (Å²) in [6.45, 7) is 2.03. The molecule has 2 aromatic heterocycles. The van der Waals surface area contributed by atoms with Crippen molar-refractivity contribution in [2.75, 3.05) is 11.2 Å². The number of aromatic nitrogens is 2. The number of aryl methyl sites for hydroxylation is 1. The molecule has 0 saturated carbocycles. The van der Waals surface area contributed by atoms with Crippen molar-refractivity contribution in [1.29, 1.82) is 0 Å². The van der Waals surface area contributed by atoms with Gasteiger partial charge in [-0.05, 0) is 24.6 Å². The molecule has 0 aliphatic carbocycles. The van der Waals surface area contributed by atoms with Crippen LogP contribution in [0, 0.1) is 6.92 Å². The maximum atomic E-state index is 5.94. The smallest absolute Gasteiger partial charge is 0.150 e. The van der Waals surface area contributed by atoms with Gasteiger partial charge in [0.05, 0.1) is 17.4 Å². The number of anilines is 2. The van der Waals surface area contributed by atoms with Crippen molar-refractivity contribution in [1.82, 2.24) is 9.97 Å². The Kier molecular flexibility index (Phi) is 2.28. The number of pyridine rings is 2. The Hall–Kier alpha value is -2.40. The van der Waals surface area contributed by atoms with Crippen LogP contribution < -0.4 is 17.0 Å². The predicted molar refractivity (Wildman–Crippen MR) is 74.0 cm³/mol. The van der Waals surface area contributed by atoms with Crippen molar-refractivity contribution >= 4 is 33.3 Å². The van der Waals surface area contributed by atoms with Gasteiger partial charge in [-0.15, -0.1) is 0 Å². The quantitative estimate of drug-likeness (QED) is 0.343. The molecule has 0 unspecified atom stereocenters. The van der Waals surface area contributed by atoms with Crippen LogP contribution in [0.4, 0.5) is 11.5 Å². The van der Waals surface area contributed by atoms with E-state index in [2.05, 4.69) is 15.4 Å². The summed E-state index contributed by atoms with van der Waals surface area (Å²) in [4.78, 5) is 8.68. The first-order chi connectivity index (χ1) is 8.69. The first-order valence-electron chi connectivity index (χ1n) is 5.61. The highest BCUT2D eigenvalue weighted by molar-refractivity contribution is 6.08. The molecule has 0 fully saturated rings. The molecule has 0 saturated heterocycles. The van der Waals surface area contributed by atoms with E-state index < -0.39 is 0 Å². The number of hydrogen-bond donors (Lipinski definition) is 3. The van der Waals surface area contributed by atoms with Crippen LogP contribution >= 0.6 is 0 Å². The largest absolute Gasteiger partial charge is 0.382 e. The molecule has 0 atom stereocenters. The molecular weight excluding hydrogens is 226 g/mol. The lowest BCUT2D eigenvalue weighted by atomic mass is 10.1. The van der Waals surface area contributed by atoms with E-state index in [-0.39, 0.29) is 0 Å². The minimum absolute atomic E-state index is 0.437. The molecule has 2 heterocycles. The van der Waals surface area contributed by atoms with E-state index in [0.29, 0.717) is 11.3 Å². The summed E-state index contributed by atoms with van der Waals surface area (Å²) < 4.78 is 0. The van der Waals surface area contributed by atoms with E-state index >= 15 is 0 Å². The average molecular weight is 239 g/mol. The summed E-state index contributed by atoms with van der Waals surface area (Å²) in [5, 5.41) is 1.97. The van der Waals surface area contributed by atoms with Gasteiger partial charge >= 0.3 is 0 Å². The van der Waals surface area contributed by atoms with E-state index in [4.69, 9.17) is 11.6 Å². The Morgan fingerprint density at radius 2 is 2.00 bits per heavy atom. The molecule has 0 radical (unpaired) electrons. The summed E-state index contributed by atoms with van der Waals surface area (Å²) >= 11 is 0. The van der Waals surface area contributed by atoms with Crippen molar-refractivity contribution in [3.8, 4) is 0 Å². The number of hydrogen-bond acceptors (Lipinski definition) is 5. The Morgan fingerprint density at radius 1 is 1.17 bits per heavy atom. The third-order valence-electron chi connectivity index (χ3n) is 2.98. The third kappa shape index (κ3) is 1.53. The van der Waals surface area contributed by atoms with Gasteiger partial charge in [0.1, 0.15) is 5.52 Å². The number of hydrazine groups is 1. The molecular formula is C13H13N5. The Morgan fingerprint density at radius 3 is 2.78 bits per heavy atom. The first-order valence-corrected chi connectivity index (χ1v) is 5.61. The van der Waals surface area contributed by atoms with E-state index in [1.807, 2.05) is 31.2 Å². The SMILES string of the molecule is Cc1ccc2c(c1)nc(N)c1ncc(NN)cc12. The maximum absolute atomic E-state index is 5.94. The summed E-state index contributed by atoms with van der Waals surface area (Å²) in [6.07, 6.45) is 1.64. The van der Waals surface area contributed by atoms with E-state index in [1.165, 1.54) is 0 Å². The molecule has 0 amide bonds. The third-order valence-corrected chi connectivity index (χ3v) is 2.98. The number of rotatable bonds is 1. The second-order valence-corrected chi connectivity index (χ2v) is 4.28. The van der Waals surface area contributed by atoms with Crippen molar-refractivity contribution in [3.05, 3.63) is 36.0 Å². The average Bonchev–Trinajstić information content (AvgIpc) is 2.38. The normalized spacial score (nSPS) is 11.0. The van der Waals surface area contributed by atoms with Gasteiger partial charge in [0.15, 0.2) is 5.82 Å². The van der Waals surface area contributed by atoms with Crippen LogP contribution in [0.2, 0.25) is 0 Å².